The van der Waals surface area contributed by atoms with E-state index in [-0.39, 0.29) is 34.3 Å². The van der Waals surface area contributed by atoms with Crippen molar-refractivity contribution in [2.75, 3.05) is 31.6 Å². The highest BCUT2D eigenvalue weighted by Gasteiger charge is 2.16. The van der Waals surface area contributed by atoms with Gasteiger partial charge in [-0.15, -0.1) is 0 Å². The Hall–Kier alpha value is -4.36. The molecule has 0 radical (unpaired) electrons. The van der Waals surface area contributed by atoms with Crippen LogP contribution in [0.5, 0.6) is 5.75 Å². The summed E-state index contributed by atoms with van der Waals surface area (Å²) in [6.45, 7) is 0.0496. The number of esters is 1. The number of nitrogens with one attached hydrogen (secondary N) is 2. The zero-order valence-corrected chi connectivity index (χ0v) is 19.9. The van der Waals surface area contributed by atoms with Gasteiger partial charge in [0, 0.05) is 19.9 Å². The number of anilines is 1. The predicted molar refractivity (Wildman–Crippen MR) is 129 cm³/mol. The molecule has 0 fully saturated rings. The summed E-state index contributed by atoms with van der Waals surface area (Å²) in [4.78, 5) is 27.9. The minimum Gasteiger partial charge on any atom is -0.507 e. The van der Waals surface area contributed by atoms with Crippen molar-refractivity contribution in [2.24, 2.45) is 10.2 Å². The molecular formula is C23H23N5O7S. The van der Waals surface area contributed by atoms with Crippen molar-refractivity contribution in [3.05, 3.63) is 72.4 Å². The van der Waals surface area contributed by atoms with Gasteiger partial charge in [0.25, 0.3) is 15.9 Å². The lowest BCUT2D eigenvalue weighted by Crippen LogP contribution is -2.31. The van der Waals surface area contributed by atoms with Gasteiger partial charge in [-0.25, -0.2) is 18.2 Å². The lowest BCUT2D eigenvalue weighted by molar-refractivity contribution is -0.124. The molecule has 1 aromatic heterocycles. The molecule has 12 nitrogen and oxygen atoms in total. The smallest absolute Gasteiger partial charge is 0.342 e. The van der Waals surface area contributed by atoms with Gasteiger partial charge < -0.3 is 19.9 Å². The molecule has 13 heteroatoms. The van der Waals surface area contributed by atoms with Crippen LogP contribution in [0.3, 0.4) is 0 Å². The predicted octanol–water partition coefficient (Wildman–Crippen LogP) is 2.92. The van der Waals surface area contributed by atoms with Crippen molar-refractivity contribution >= 4 is 39.1 Å². The van der Waals surface area contributed by atoms with E-state index < -0.39 is 28.5 Å². The first-order chi connectivity index (χ1) is 17.3. The fourth-order valence-electron chi connectivity index (χ4n) is 2.73. The first-order valence-electron chi connectivity index (χ1n) is 10.5. The summed E-state index contributed by atoms with van der Waals surface area (Å²) in [5.74, 6) is -1.60. The van der Waals surface area contributed by atoms with Crippen molar-refractivity contribution in [2.45, 2.75) is 4.90 Å². The number of rotatable bonds is 11. The maximum absolute atomic E-state index is 12.5. The molecule has 0 spiro atoms. The Morgan fingerprint density at radius 3 is 2.44 bits per heavy atom. The number of hydrogen-bond donors (Lipinski definition) is 3. The number of pyridine rings is 1. The standard InChI is InChI=1S/C23H23N5O7S/c1-34-13-12-25-22(30)15-35-23(31)19-14-17(7-10-20(19)29)27-26-16-5-8-18(9-6-16)36(32,33)28-21-4-2-3-11-24-21/h2-11,14,29H,12-13,15H2,1H3,(H,24,28)(H,25,30). The number of phenolic OH excluding ortho intramolecular Hbond substituents is 1. The average Bonchev–Trinajstić information content (AvgIpc) is 2.87. The van der Waals surface area contributed by atoms with Crippen LogP contribution in [-0.2, 0) is 24.3 Å². The summed E-state index contributed by atoms with van der Waals surface area (Å²) in [5, 5.41) is 20.5. The second-order valence-corrected chi connectivity index (χ2v) is 8.82. The highest BCUT2D eigenvalue weighted by atomic mass is 32.2. The zero-order chi connectivity index (χ0) is 26.0. The van der Waals surface area contributed by atoms with Crippen LogP contribution in [0, 0.1) is 0 Å². The molecule has 0 aliphatic carbocycles. The van der Waals surface area contributed by atoms with Crippen molar-refractivity contribution in [3.8, 4) is 5.75 Å². The maximum Gasteiger partial charge on any atom is 0.342 e. The van der Waals surface area contributed by atoms with Gasteiger partial charge in [-0.2, -0.15) is 10.2 Å². The third-order valence-corrected chi connectivity index (χ3v) is 5.87. The maximum atomic E-state index is 12.5. The molecule has 3 aromatic rings. The summed E-state index contributed by atoms with van der Waals surface area (Å²) in [6.07, 6.45) is 1.47. The van der Waals surface area contributed by atoms with Crippen molar-refractivity contribution in [1.82, 2.24) is 10.3 Å². The van der Waals surface area contributed by atoms with Gasteiger partial charge in [0.2, 0.25) is 0 Å². The summed E-state index contributed by atoms with van der Waals surface area (Å²) >= 11 is 0. The van der Waals surface area contributed by atoms with Gasteiger partial charge in [0.1, 0.15) is 17.1 Å². The summed E-state index contributed by atoms with van der Waals surface area (Å²) in [6, 6.07) is 14.4. The molecule has 0 aliphatic heterocycles. The van der Waals surface area contributed by atoms with Crippen molar-refractivity contribution in [1.29, 1.82) is 0 Å². The number of carbonyl (C=O) groups is 2. The quantitative estimate of drug-likeness (QED) is 0.200. The lowest BCUT2D eigenvalue weighted by Gasteiger charge is -2.08. The molecule has 0 saturated carbocycles. The van der Waals surface area contributed by atoms with Gasteiger partial charge >= 0.3 is 5.97 Å². The molecule has 0 saturated heterocycles. The summed E-state index contributed by atoms with van der Waals surface area (Å²) in [5.41, 5.74) is 0.368. The molecule has 1 amide bonds. The number of aromatic hydroxyl groups is 1. The van der Waals surface area contributed by atoms with Crippen LogP contribution >= 0.6 is 0 Å². The monoisotopic (exact) mass is 513 g/mol. The molecule has 0 bridgehead atoms. The number of benzene rings is 2. The molecule has 2 aromatic carbocycles. The number of methoxy groups -OCH3 is 1. The zero-order valence-electron chi connectivity index (χ0n) is 19.1. The first-order valence-corrected chi connectivity index (χ1v) is 12.0. The van der Waals surface area contributed by atoms with E-state index in [2.05, 4.69) is 25.3 Å². The third kappa shape index (κ3) is 7.58. The molecule has 3 rings (SSSR count). The summed E-state index contributed by atoms with van der Waals surface area (Å²) < 4.78 is 37.1. The minimum absolute atomic E-state index is 0.00743. The Bertz CT molecular complexity index is 1330. The molecule has 188 valence electrons. The molecular weight excluding hydrogens is 490 g/mol. The number of carbonyl (C=O) groups excluding carboxylic acids is 2. The number of amides is 1. The number of aromatic nitrogens is 1. The van der Waals surface area contributed by atoms with Crippen LogP contribution in [0.1, 0.15) is 10.4 Å². The van der Waals surface area contributed by atoms with Crippen LogP contribution in [0.15, 0.2) is 82.0 Å². The fourth-order valence-corrected chi connectivity index (χ4v) is 3.74. The summed E-state index contributed by atoms with van der Waals surface area (Å²) in [7, 11) is -2.35. The van der Waals surface area contributed by atoms with Gasteiger partial charge in [0.15, 0.2) is 6.61 Å². The van der Waals surface area contributed by atoms with Crippen LogP contribution in [0.25, 0.3) is 0 Å². The minimum atomic E-state index is -3.83. The molecule has 3 N–H and O–H groups in total. The average molecular weight is 514 g/mol. The van der Waals surface area contributed by atoms with Crippen molar-refractivity contribution in [3.63, 3.8) is 0 Å². The van der Waals surface area contributed by atoms with E-state index in [9.17, 15) is 23.1 Å². The van der Waals surface area contributed by atoms with Crippen LogP contribution in [0.2, 0.25) is 0 Å². The Morgan fingerprint density at radius 1 is 1.03 bits per heavy atom. The number of hydrogen-bond acceptors (Lipinski definition) is 10. The Balaban J connectivity index is 1.64. The van der Waals surface area contributed by atoms with E-state index in [0.29, 0.717) is 12.3 Å². The molecule has 36 heavy (non-hydrogen) atoms. The number of ether oxygens (including phenoxy) is 2. The number of sulfonamides is 1. The van der Waals surface area contributed by atoms with Crippen LogP contribution < -0.4 is 10.0 Å². The van der Waals surface area contributed by atoms with Crippen LogP contribution in [-0.4, -0.2) is 57.3 Å². The third-order valence-electron chi connectivity index (χ3n) is 4.49. The first kappa shape index (κ1) is 26.2. The van der Waals surface area contributed by atoms with E-state index in [1.165, 1.54) is 61.8 Å². The van der Waals surface area contributed by atoms with E-state index in [1.807, 2.05) is 0 Å². The van der Waals surface area contributed by atoms with Gasteiger partial charge in [-0.05, 0) is 54.6 Å². The lowest BCUT2D eigenvalue weighted by atomic mass is 10.2. The Kier molecular flexibility index (Phi) is 9.02. The van der Waals surface area contributed by atoms with E-state index in [1.54, 1.807) is 12.1 Å². The molecule has 0 unspecified atom stereocenters. The fraction of sp³-hybridized carbons (Fsp3) is 0.174. The largest absolute Gasteiger partial charge is 0.507 e. The number of phenols is 1. The highest BCUT2D eigenvalue weighted by molar-refractivity contribution is 7.92. The topological polar surface area (TPSA) is 169 Å². The van der Waals surface area contributed by atoms with Gasteiger partial charge in [-0.3, -0.25) is 9.52 Å². The Morgan fingerprint density at radius 2 is 1.75 bits per heavy atom. The normalized spacial score (nSPS) is 11.2. The number of nitrogens with zero attached hydrogens (tertiary/aromatic N) is 3. The number of azo groups is 1. The molecule has 0 atom stereocenters. The van der Waals surface area contributed by atoms with Gasteiger partial charge in [0.05, 0.1) is 22.9 Å². The second-order valence-electron chi connectivity index (χ2n) is 7.13. The van der Waals surface area contributed by atoms with E-state index in [4.69, 9.17) is 9.47 Å². The van der Waals surface area contributed by atoms with E-state index >= 15 is 0 Å². The highest BCUT2D eigenvalue weighted by Crippen LogP contribution is 2.26. The molecule has 1 heterocycles. The second kappa shape index (κ2) is 12.4. The van der Waals surface area contributed by atoms with Crippen molar-refractivity contribution < 1.29 is 32.6 Å². The molecule has 0 aliphatic rings. The van der Waals surface area contributed by atoms with Crippen LogP contribution in [0.4, 0.5) is 17.2 Å². The SMILES string of the molecule is COCCNC(=O)COC(=O)c1cc(N=Nc2ccc(S(=O)(=O)Nc3ccccn3)cc2)ccc1O. The van der Waals surface area contributed by atoms with Gasteiger partial charge in [-0.1, -0.05) is 6.07 Å². The van der Waals surface area contributed by atoms with E-state index in [0.717, 1.165) is 0 Å². The Labute approximate surface area is 207 Å².